The molecule has 1 N–H and O–H groups in total. The van der Waals surface area contributed by atoms with Gasteiger partial charge in [0.05, 0.1) is 23.6 Å². The average Bonchev–Trinajstić information content (AvgIpc) is 3.45. The van der Waals surface area contributed by atoms with Crippen LogP contribution in [-0.2, 0) is 29.9 Å². The van der Waals surface area contributed by atoms with E-state index in [9.17, 15) is 18.0 Å². The maximum atomic E-state index is 14.3. The van der Waals surface area contributed by atoms with Crippen molar-refractivity contribution in [1.82, 2.24) is 20.1 Å². The molecule has 0 bridgehead atoms. The normalized spacial score (nSPS) is 23.6. The van der Waals surface area contributed by atoms with Crippen molar-refractivity contribution in [3.8, 4) is 0 Å². The lowest BCUT2D eigenvalue weighted by atomic mass is 9.62. The van der Waals surface area contributed by atoms with Crippen LogP contribution in [0.3, 0.4) is 0 Å². The number of rotatable bonds is 8. The third kappa shape index (κ3) is 4.51. The summed E-state index contributed by atoms with van der Waals surface area (Å²) in [6.07, 6.45) is 2.04. The van der Waals surface area contributed by atoms with Gasteiger partial charge >= 0.3 is 6.18 Å². The van der Waals surface area contributed by atoms with Crippen molar-refractivity contribution in [2.24, 2.45) is 13.0 Å². The molecule has 1 aromatic heterocycles. The Hall–Kier alpha value is -3.24. The highest BCUT2D eigenvalue weighted by Gasteiger charge is 2.50. The van der Waals surface area contributed by atoms with Crippen molar-refractivity contribution >= 4 is 11.6 Å². The number of halogens is 3. The molecule has 0 spiro atoms. The van der Waals surface area contributed by atoms with Crippen LogP contribution >= 0.6 is 0 Å². The Labute approximate surface area is 231 Å². The van der Waals surface area contributed by atoms with Crippen molar-refractivity contribution in [2.75, 3.05) is 18.6 Å². The van der Waals surface area contributed by atoms with Crippen LogP contribution in [0, 0.1) is 5.92 Å². The average molecular weight is 554 g/mol. The zero-order chi connectivity index (χ0) is 28.2. The van der Waals surface area contributed by atoms with E-state index >= 15 is 0 Å². The second kappa shape index (κ2) is 9.99. The molecule has 0 saturated heterocycles. The van der Waals surface area contributed by atoms with Crippen LogP contribution in [0.15, 0.2) is 42.7 Å². The molecule has 0 unspecified atom stereocenters. The quantitative estimate of drug-likeness (QED) is 0.397. The topological polar surface area (TPSA) is 72.3 Å². The number of hydrogen-bond donors (Lipinski definition) is 1. The van der Waals surface area contributed by atoms with E-state index in [1.54, 1.807) is 25.6 Å². The molecule has 6 rings (SSSR count). The molecule has 2 fully saturated rings. The fraction of sp³-hybridized carbons (Fsp3) is 0.500. The van der Waals surface area contributed by atoms with Gasteiger partial charge in [0, 0.05) is 31.5 Å². The first kappa shape index (κ1) is 27.0. The highest BCUT2D eigenvalue weighted by atomic mass is 19.4. The van der Waals surface area contributed by atoms with Gasteiger partial charge in [-0.15, -0.1) is 10.2 Å². The van der Waals surface area contributed by atoms with Crippen LogP contribution in [0.4, 0.5) is 18.9 Å². The lowest BCUT2D eigenvalue weighted by Crippen LogP contribution is -2.48. The van der Waals surface area contributed by atoms with Crippen LogP contribution in [-0.4, -0.2) is 40.4 Å². The number of anilines is 1. The van der Waals surface area contributed by atoms with E-state index in [1.165, 1.54) is 17.4 Å². The zero-order valence-corrected chi connectivity index (χ0v) is 23.0. The Morgan fingerprint density at radius 1 is 1.20 bits per heavy atom. The van der Waals surface area contributed by atoms with Crippen LogP contribution in [0.1, 0.15) is 83.5 Å². The van der Waals surface area contributed by atoms with Gasteiger partial charge in [-0.05, 0) is 86.0 Å². The first-order valence-corrected chi connectivity index (χ1v) is 13.9. The van der Waals surface area contributed by atoms with Gasteiger partial charge in [-0.2, -0.15) is 13.2 Å². The van der Waals surface area contributed by atoms with Crippen molar-refractivity contribution in [3.05, 3.63) is 76.4 Å². The minimum atomic E-state index is -4.57. The van der Waals surface area contributed by atoms with Crippen molar-refractivity contribution in [1.29, 1.82) is 0 Å². The molecule has 2 aliphatic carbocycles. The lowest BCUT2D eigenvalue weighted by molar-refractivity contribution is -0.138. The molecule has 2 aromatic carbocycles. The van der Waals surface area contributed by atoms with E-state index < -0.39 is 23.1 Å². The van der Waals surface area contributed by atoms with Crippen molar-refractivity contribution < 1.29 is 22.7 Å². The Bertz CT molecular complexity index is 1420. The van der Waals surface area contributed by atoms with Gasteiger partial charge in [0.15, 0.2) is 0 Å². The number of carbonyl (C=O) groups is 1. The van der Waals surface area contributed by atoms with Gasteiger partial charge in [-0.25, -0.2) is 0 Å². The molecule has 2 saturated carbocycles. The predicted octanol–water partition coefficient (Wildman–Crippen LogP) is 5.54. The third-order valence-corrected chi connectivity index (χ3v) is 9.14. The molecule has 3 aliphatic rings. The smallest absolute Gasteiger partial charge is 0.381 e. The standard InChI is InChI=1S/C30H34F3N5O2/c1-18(34-15-19-6-4-7-19)20-10-24-25(26(11-20)30(31,32)33)16-38(27(24)39)22-9-5-8-21(12-22)29(13-23(14-29)40-3)28-36-35-17-37(28)2/h5,8-12,17-19,23,34H,4,6-7,13-16H2,1-3H3/t18-,23?,29?/m0/s1. The number of ether oxygens (including phenoxy) is 1. The van der Waals surface area contributed by atoms with E-state index in [-0.39, 0.29) is 29.8 Å². The molecule has 0 radical (unpaired) electrons. The number of carbonyl (C=O) groups excluding carboxylic acids is 1. The minimum absolute atomic E-state index is 0.0314. The zero-order valence-electron chi connectivity index (χ0n) is 23.0. The number of benzene rings is 2. The second-order valence-electron chi connectivity index (χ2n) is 11.6. The van der Waals surface area contributed by atoms with E-state index in [0.717, 1.165) is 30.8 Å². The Morgan fingerprint density at radius 2 is 1.98 bits per heavy atom. The van der Waals surface area contributed by atoms with Gasteiger partial charge in [-0.1, -0.05) is 18.6 Å². The van der Waals surface area contributed by atoms with Crippen LogP contribution in [0.25, 0.3) is 0 Å². The van der Waals surface area contributed by atoms with Gasteiger partial charge in [0.25, 0.3) is 5.91 Å². The predicted molar refractivity (Wildman–Crippen MR) is 144 cm³/mol. The number of nitrogens with zero attached hydrogens (tertiary/aromatic N) is 4. The summed E-state index contributed by atoms with van der Waals surface area (Å²) in [7, 11) is 3.57. The highest BCUT2D eigenvalue weighted by molar-refractivity contribution is 6.10. The number of fused-ring (bicyclic) bond motifs is 1. The molecule has 212 valence electrons. The number of aromatic nitrogens is 3. The maximum absolute atomic E-state index is 14.3. The fourth-order valence-corrected chi connectivity index (χ4v) is 6.42. The molecule has 7 nitrogen and oxygen atoms in total. The number of hydrogen-bond acceptors (Lipinski definition) is 5. The van der Waals surface area contributed by atoms with Crippen LogP contribution < -0.4 is 10.2 Å². The van der Waals surface area contributed by atoms with E-state index in [1.807, 2.05) is 36.7 Å². The molecular formula is C30H34F3N5O2. The van der Waals surface area contributed by atoms with Crippen LogP contribution in [0.5, 0.6) is 0 Å². The molecule has 10 heteroatoms. The van der Waals surface area contributed by atoms with Gasteiger partial charge in [-0.3, -0.25) is 4.79 Å². The summed E-state index contributed by atoms with van der Waals surface area (Å²) in [6.45, 7) is 2.50. The molecule has 2 heterocycles. The largest absolute Gasteiger partial charge is 0.416 e. The molecule has 1 amide bonds. The van der Waals surface area contributed by atoms with E-state index in [0.29, 0.717) is 30.0 Å². The second-order valence-corrected chi connectivity index (χ2v) is 11.6. The molecule has 1 aliphatic heterocycles. The summed E-state index contributed by atoms with van der Waals surface area (Å²) in [5.74, 6) is 0.950. The molecule has 1 atom stereocenters. The summed E-state index contributed by atoms with van der Waals surface area (Å²) in [4.78, 5) is 15.1. The minimum Gasteiger partial charge on any atom is -0.381 e. The van der Waals surface area contributed by atoms with Gasteiger partial charge < -0.3 is 19.5 Å². The van der Waals surface area contributed by atoms with Crippen molar-refractivity contribution in [2.45, 2.75) is 69.3 Å². The number of nitrogens with one attached hydrogen (secondary N) is 1. The number of alkyl halides is 3. The van der Waals surface area contributed by atoms with E-state index in [2.05, 4.69) is 15.5 Å². The fourth-order valence-electron chi connectivity index (χ4n) is 6.42. The van der Waals surface area contributed by atoms with Crippen molar-refractivity contribution in [3.63, 3.8) is 0 Å². The maximum Gasteiger partial charge on any atom is 0.416 e. The number of aryl methyl sites for hydroxylation is 1. The number of methoxy groups -OCH3 is 1. The summed E-state index contributed by atoms with van der Waals surface area (Å²) in [5.41, 5.74) is 0.944. The monoisotopic (exact) mass is 553 g/mol. The Balaban J connectivity index is 1.33. The van der Waals surface area contributed by atoms with Gasteiger partial charge in [0.2, 0.25) is 0 Å². The van der Waals surface area contributed by atoms with E-state index in [4.69, 9.17) is 4.74 Å². The molecule has 40 heavy (non-hydrogen) atoms. The first-order chi connectivity index (χ1) is 19.1. The molecular weight excluding hydrogens is 519 g/mol. The highest BCUT2D eigenvalue weighted by Crippen LogP contribution is 2.50. The Morgan fingerprint density at radius 3 is 2.60 bits per heavy atom. The Kier molecular flexibility index (Phi) is 6.73. The summed E-state index contributed by atoms with van der Waals surface area (Å²) in [5, 5.41) is 11.8. The number of amides is 1. The molecule has 3 aromatic rings. The summed E-state index contributed by atoms with van der Waals surface area (Å²) >= 11 is 0. The SMILES string of the molecule is COC1CC(c2cccc(N3Cc4c(cc([C@H](C)NCC5CCC5)cc4C(F)(F)F)C3=O)c2)(c2nncn2C)C1. The summed E-state index contributed by atoms with van der Waals surface area (Å²) in [6, 6.07) is 10.1. The third-order valence-electron chi connectivity index (χ3n) is 9.14. The summed E-state index contributed by atoms with van der Waals surface area (Å²) < 4.78 is 50.3. The lowest BCUT2D eigenvalue weighted by Gasteiger charge is -2.46. The van der Waals surface area contributed by atoms with Gasteiger partial charge in [0.1, 0.15) is 12.2 Å². The first-order valence-electron chi connectivity index (χ1n) is 13.9. The van der Waals surface area contributed by atoms with Crippen LogP contribution in [0.2, 0.25) is 0 Å².